The van der Waals surface area contributed by atoms with E-state index in [1.165, 1.54) is 0 Å². The first-order valence-corrected chi connectivity index (χ1v) is 8.21. The second kappa shape index (κ2) is 6.83. The second-order valence-electron chi connectivity index (χ2n) is 5.92. The van der Waals surface area contributed by atoms with Crippen LogP contribution in [0.25, 0.3) is 11.0 Å². The molecular formula is C19H22N4O. The van der Waals surface area contributed by atoms with Gasteiger partial charge in [-0.15, -0.1) is 0 Å². The summed E-state index contributed by atoms with van der Waals surface area (Å²) >= 11 is 0. The summed E-state index contributed by atoms with van der Waals surface area (Å²) < 4.78 is 2.02. The van der Waals surface area contributed by atoms with E-state index in [0.717, 1.165) is 28.8 Å². The number of amides is 1. The Bertz CT molecular complexity index is 841. The average Bonchev–Trinajstić information content (AvgIpc) is 2.99. The number of hydrogen-bond donors (Lipinski definition) is 0. The molecule has 0 saturated carbocycles. The van der Waals surface area contributed by atoms with Crippen LogP contribution in [-0.2, 0) is 17.8 Å². The van der Waals surface area contributed by atoms with Gasteiger partial charge in [0.2, 0.25) is 5.91 Å². The number of aromatic nitrogens is 3. The summed E-state index contributed by atoms with van der Waals surface area (Å²) in [6.45, 7) is 4.37. The van der Waals surface area contributed by atoms with Crippen molar-refractivity contribution in [2.75, 3.05) is 7.05 Å². The van der Waals surface area contributed by atoms with Crippen molar-refractivity contribution in [3.05, 3.63) is 60.2 Å². The van der Waals surface area contributed by atoms with Crippen molar-refractivity contribution < 1.29 is 4.79 Å². The van der Waals surface area contributed by atoms with Crippen molar-refractivity contribution >= 4 is 16.9 Å². The van der Waals surface area contributed by atoms with E-state index in [2.05, 4.69) is 16.9 Å². The summed E-state index contributed by atoms with van der Waals surface area (Å²) in [5.74, 6) is 0.996. The number of carbonyl (C=O) groups excluding carboxylic acids is 1. The first-order valence-electron chi connectivity index (χ1n) is 8.21. The molecule has 0 spiro atoms. The maximum Gasteiger partial charge on any atom is 0.242 e. The van der Waals surface area contributed by atoms with E-state index in [-0.39, 0.29) is 11.9 Å². The highest BCUT2D eigenvalue weighted by atomic mass is 16.2. The number of carbonyl (C=O) groups is 1. The van der Waals surface area contributed by atoms with Crippen LogP contribution in [0.4, 0.5) is 0 Å². The second-order valence-corrected chi connectivity index (χ2v) is 5.92. The van der Waals surface area contributed by atoms with Gasteiger partial charge < -0.3 is 9.47 Å². The van der Waals surface area contributed by atoms with Crippen molar-refractivity contribution in [3.63, 3.8) is 0 Å². The van der Waals surface area contributed by atoms with Crippen LogP contribution in [0.3, 0.4) is 0 Å². The van der Waals surface area contributed by atoms with Gasteiger partial charge in [-0.3, -0.25) is 9.78 Å². The van der Waals surface area contributed by atoms with Crippen molar-refractivity contribution in [2.45, 2.75) is 32.9 Å². The van der Waals surface area contributed by atoms with Gasteiger partial charge in [-0.2, -0.15) is 0 Å². The third-order valence-electron chi connectivity index (χ3n) is 4.48. The maximum atomic E-state index is 12.8. The number of hydrogen-bond acceptors (Lipinski definition) is 3. The van der Waals surface area contributed by atoms with Crippen LogP contribution in [0.1, 0.15) is 31.3 Å². The topological polar surface area (TPSA) is 51.0 Å². The minimum Gasteiger partial charge on any atom is -0.337 e. The monoisotopic (exact) mass is 322 g/mol. The molecule has 3 rings (SSSR count). The van der Waals surface area contributed by atoms with Gasteiger partial charge in [0.15, 0.2) is 0 Å². The molecule has 124 valence electrons. The zero-order valence-electron chi connectivity index (χ0n) is 14.3. The Labute approximate surface area is 142 Å². The van der Waals surface area contributed by atoms with E-state index in [4.69, 9.17) is 0 Å². The Morgan fingerprint density at radius 3 is 2.75 bits per heavy atom. The normalized spacial score (nSPS) is 12.3. The molecule has 0 fully saturated rings. The third-order valence-corrected chi connectivity index (χ3v) is 4.48. The zero-order valence-corrected chi connectivity index (χ0v) is 14.3. The molecule has 1 aromatic carbocycles. The molecule has 0 aliphatic rings. The molecule has 0 aliphatic heterocycles. The predicted molar refractivity (Wildman–Crippen MR) is 94.5 cm³/mol. The smallest absolute Gasteiger partial charge is 0.242 e. The van der Waals surface area contributed by atoms with Crippen molar-refractivity contribution in [2.24, 2.45) is 0 Å². The lowest BCUT2D eigenvalue weighted by atomic mass is 10.1. The Morgan fingerprint density at radius 2 is 2.04 bits per heavy atom. The zero-order chi connectivity index (χ0) is 17.1. The molecule has 0 saturated heterocycles. The van der Waals surface area contributed by atoms with E-state index in [0.29, 0.717) is 6.54 Å². The largest absolute Gasteiger partial charge is 0.337 e. The summed E-state index contributed by atoms with van der Waals surface area (Å²) in [7, 11) is 1.84. The number of aryl methyl sites for hydroxylation is 1. The van der Waals surface area contributed by atoms with Gasteiger partial charge in [0.1, 0.15) is 12.4 Å². The summed E-state index contributed by atoms with van der Waals surface area (Å²) in [5, 5.41) is 0. The standard InChI is InChI=1S/C19H22N4O/c1-4-18-21-16-9-5-6-10-17(16)23(18)13-19(24)22(3)14(2)15-8-7-11-20-12-15/h5-12,14H,4,13H2,1-3H3/t14-/m1/s1. The van der Waals surface area contributed by atoms with Crippen LogP contribution < -0.4 is 0 Å². The van der Waals surface area contributed by atoms with Crippen LogP contribution in [0, 0.1) is 0 Å². The van der Waals surface area contributed by atoms with E-state index < -0.39 is 0 Å². The predicted octanol–water partition coefficient (Wildman–Crippen LogP) is 3.21. The van der Waals surface area contributed by atoms with Gasteiger partial charge in [-0.25, -0.2) is 4.98 Å². The van der Waals surface area contributed by atoms with Crippen LogP contribution in [0.5, 0.6) is 0 Å². The van der Waals surface area contributed by atoms with Crippen LogP contribution in [0.2, 0.25) is 0 Å². The van der Waals surface area contributed by atoms with Gasteiger partial charge in [0, 0.05) is 25.9 Å². The minimum absolute atomic E-state index is 0.0222. The number of pyridine rings is 1. The Morgan fingerprint density at radius 1 is 1.25 bits per heavy atom. The number of likely N-dealkylation sites (N-methyl/N-ethyl adjacent to an activating group) is 1. The van der Waals surface area contributed by atoms with Gasteiger partial charge >= 0.3 is 0 Å². The van der Waals surface area contributed by atoms with Crippen molar-refractivity contribution in [3.8, 4) is 0 Å². The Kier molecular flexibility index (Phi) is 4.60. The number of imidazole rings is 1. The molecule has 5 heteroatoms. The summed E-state index contributed by atoms with van der Waals surface area (Å²) in [6.07, 6.45) is 4.34. The molecule has 0 aliphatic carbocycles. The van der Waals surface area contributed by atoms with E-state index in [9.17, 15) is 4.79 Å². The van der Waals surface area contributed by atoms with Crippen LogP contribution in [-0.4, -0.2) is 32.4 Å². The van der Waals surface area contributed by atoms with E-state index >= 15 is 0 Å². The number of nitrogens with zero attached hydrogens (tertiary/aromatic N) is 4. The lowest BCUT2D eigenvalue weighted by molar-refractivity contribution is -0.132. The fourth-order valence-corrected chi connectivity index (χ4v) is 2.88. The molecule has 2 heterocycles. The molecular weight excluding hydrogens is 300 g/mol. The lowest BCUT2D eigenvalue weighted by Crippen LogP contribution is -2.33. The number of benzene rings is 1. The minimum atomic E-state index is -0.0222. The Balaban J connectivity index is 1.84. The molecule has 1 atom stereocenters. The molecule has 0 N–H and O–H groups in total. The number of fused-ring (bicyclic) bond motifs is 1. The average molecular weight is 322 g/mol. The first kappa shape index (κ1) is 16.2. The molecule has 3 aromatic rings. The van der Waals surface area contributed by atoms with Crippen molar-refractivity contribution in [1.82, 2.24) is 19.4 Å². The Hall–Kier alpha value is -2.69. The van der Waals surface area contributed by atoms with Gasteiger partial charge in [-0.05, 0) is 30.7 Å². The lowest BCUT2D eigenvalue weighted by Gasteiger charge is -2.25. The SMILES string of the molecule is CCc1nc2ccccc2n1CC(=O)N(C)[C@H](C)c1cccnc1. The quantitative estimate of drug-likeness (QED) is 0.725. The van der Waals surface area contributed by atoms with Gasteiger partial charge in [-0.1, -0.05) is 25.1 Å². The van der Waals surface area contributed by atoms with Crippen LogP contribution >= 0.6 is 0 Å². The highest BCUT2D eigenvalue weighted by Gasteiger charge is 2.20. The number of rotatable bonds is 5. The van der Waals surface area contributed by atoms with E-state index in [1.807, 2.05) is 54.9 Å². The van der Waals surface area contributed by atoms with Crippen LogP contribution in [0.15, 0.2) is 48.8 Å². The molecule has 2 aromatic heterocycles. The molecule has 1 amide bonds. The molecule has 0 bridgehead atoms. The fraction of sp³-hybridized carbons (Fsp3) is 0.316. The van der Waals surface area contributed by atoms with E-state index in [1.54, 1.807) is 17.3 Å². The maximum absolute atomic E-state index is 12.8. The third kappa shape index (κ3) is 3.02. The highest BCUT2D eigenvalue weighted by Crippen LogP contribution is 2.20. The highest BCUT2D eigenvalue weighted by molar-refractivity contribution is 5.81. The first-order chi connectivity index (χ1) is 11.6. The van der Waals surface area contributed by atoms with Gasteiger partial charge in [0.25, 0.3) is 0 Å². The summed E-state index contributed by atoms with van der Waals surface area (Å²) in [5.41, 5.74) is 2.97. The summed E-state index contributed by atoms with van der Waals surface area (Å²) in [4.78, 5) is 23.3. The molecule has 0 unspecified atom stereocenters. The molecule has 0 radical (unpaired) electrons. The van der Waals surface area contributed by atoms with Crippen molar-refractivity contribution in [1.29, 1.82) is 0 Å². The molecule has 5 nitrogen and oxygen atoms in total. The number of para-hydroxylation sites is 2. The van der Waals surface area contributed by atoms with Gasteiger partial charge in [0.05, 0.1) is 17.1 Å². The summed E-state index contributed by atoms with van der Waals surface area (Å²) in [6, 6.07) is 11.8. The molecule has 24 heavy (non-hydrogen) atoms. The fourth-order valence-electron chi connectivity index (χ4n) is 2.88.